The number of Topliss-reactive ketones (excluding diaryl/α,β-unsaturated/α-hetero) is 2. The van der Waals surface area contributed by atoms with E-state index in [2.05, 4.69) is 0 Å². The van der Waals surface area contributed by atoms with E-state index < -0.39 is 6.10 Å². The minimum Gasteiger partial charge on any atom is -0.497 e. The lowest BCUT2D eigenvalue weighted by Gasteiger charge is -2.19. The summed E-state index contributed by atoms with van der Waals surface area (Å²) in [6, 6.07) is 24.9. The first-order valence-corrected chi connectivity index (χ1v) is 16.8. The third-order valence-electron chi connectivity index (χ3n) is 9.06. The van der Waals surface area contributed by atoms with Gasteiger partial charge in [-0.05, 0) is 84.7 Å². The molecule has 1 N–H and O–H groups in total. The first-order valence-electron chi connectivity index (χ1n) is 16.8. The van der Waals surface area contributed by atoms with E-state index in [-0.39, 0.29) is 17.5 Å². The minimum atomic E-state index is -0.754. The number of carbonyl (C=O) groups is 2. The second kappa shape index (κ2) is 18.3. The Morgan fingerprint density at radius 2 is 1.49 bits per heavy atom. The average Bonchev–Trinajstić information content (AvgIpc) is 3.60. The molecule has 0 saturated heterocycles. The van der Waals surface area contributed by atoms with Gasteiger partial charge < -0.3 is 14.6 Å². The highest BCUT2D eigenvalue weighted by Crippen LogP contribution is 2.33. The molecule has 0 spiro atoms. The molecule has 240 valence electrons. The van der Waals surface area contributed by atoms with Crippen LogP contribution >= 0.6 is 0 Å². The maximum Gasteiger partial charge on any atom is 0.162 e. The standard InChI is InChI=1S/C40H50O5/c1-30(38(41)18-7-4-8-19-39(42)33-20-24-36(44-2)25-21-33)28-35(17-11-16-31-12-9-10-13-31)40(43)34-22-26-37(27-23-34)45-29-32-14-5-3-6-15-32/h3,5-6,14-15,20-28,30-31,40,43H,4,7-13,16-19,29H2,1-2H3/b35-28+. The lowest BCUT2D eigenvalue weighted by atomic mass is 9.90. The number of rotatable bonds is 19. The van der Waals surface area contributed by atoms with Crippen LogP contribution in [0.3, 0.4) is 0 Å². The van der Waals surface area contributed by atoms with Crippen LogP contribution in [-0.4, -0.2) is 23.8 Å². The molecule has 0 aromatic heterocycles. The van der Waals surface area contributed by atoms with E-state index in [9.17, 15) is 14.7 Å². The van der Waals surface area contributed by atoms with Gasteiger partial charge in [0.1, 0.15) is 30.0 Å². The van der Waals surface area contributed by atoms with E-state index in [0.717, 1.165) is 66.2 Å². The third-order valence-corrected chi connectivity index (χ3v) is 9.06. The van der Waals surface area contributed by atoms with E-state index in [1.165, 1.54) is 32.1 Å². The van der Waals surface area contributed by atoms with E-state index in [0.29, 0.717) is 25.0 Å². The van der Waals surface area contributed by atoms with Gasteiger partial charge in [0.25, 0.3) is 0 Å². The number of methoxy groups -OCH3 is 1. The van der Waals surface area contributed by atoms with Gasteiger partial charge in [-0.1, -0.05) is 94.0 Å². The van der Waals surface area contributed by atoms with Gasteiger partial charge in [-0.2, -0.15) is 0 Å². The summed E-state index contributed by atoms with van der Waals surface area (Å²) in [5, 5.41) is 11.5. The fourth-order valence-electron chi connectivity index (χ4n) is 6.23. The first kappa shape index (κ1) is 34.2. The fraction of sp³-hybridized carbons (Fsp3) is 0.450. The molecule has 0 aliphatic heterocycles. The lowest BCUT2D eigenvalue weighted by molar-refractivity contribution is -0.121. The Bertz CT molecular complexity index is 1340. The molecular formula is C40H50O5. The molecular weight excluding hydrogens is 560 g/mol. The Kier molecular flexibility index (Phi) is 13.9. The largest absolute Gasteiger partial charge is 0.497 e. The van der Waals surface area contributed by atoms with Crippen LogP contribution in [0.5, 0.6) is 11.5 Å². The maximum absolute atomic E-state index is 13.1. The highest BCUT2D eigenvalue weighted by molar-refractivity contribution is 5.96. The lowest BCUT2D eigenvalue weighted by Crippen LogP contribution is -2.12. The normalized spacial score (nSPS) is 15.0. The Hall–Kier alpha value is -3.70. The molecule has 0 bridgehead atoms. The van der Waals surface area contributed by atoms with Crippen molar-refractivity contribution in [3.8, 4) is 11.5 Å². The fourth-order valence-corrected chi connectivity index (χ4v) is 6.23. The highest BCUT2D eigenvalue weighted by atomic mass is 16.5. The summed E-state index contributed by atoms with van der Waals surface area (Å²) in [6.45, 7) is 2.44. The van der Waals surface area contributed by atoms with Gasteiger partial charge >= 0.3 is 0 Å². The maximum atomic E-state index is 13.1. The van der Waals surface area contributed by atoms with Crippen molar-refractivity contribution in [3.63, 3.8) is 0 Å². The number of aliphatic hydroxyl groups excluding tert-OH is 1. The van der Waals surface area contributed by atoms with Crippen molar-refractivity contribution in [1.82, 2.24) is 0 Å². The molecule has 2 atom stereocenters. The summed E-state index contributed by atoms with van der Waals surface area (Å²) < 4.78 is 11.1. The van der Waals surface area contributed by atoms with Gasteiger partial charge in [0.05, 0.1) is 7.11 Å². The Morgan fingerprint density at radius 3 is 2.18 bits per heavy atom. The molecule has 0 amide bonds. The van der Waals surface area contributed by atoms with Crippen LogP contribution in [0.15, 0.2) is 90.5 Å². The smallest absolute Gasteiger partial charge is 0.162 e. The summed E-state index contributed by atoms with van der Waals surface area (Å²) in [7, 11) is 1.61. The zero-order valence-electron chi connectivity index (χ0n) is 27.1. The van der Waals surface area contributed by atoms with Crippen molar-refractivity contribution in [1.29, 1.82) is 0 Å². The number of allylic oxidation sites excluding steroid dienone is 1. The van der Waals surface area contributed by atoms with Crippen molar-refractivity contribution in [2.75, 3.05) is 7.11 Å². The summed E-state index contributed by atoms with van der Waals surface area (Å²) in [5.74, 6) is 2.32. The second-order valence-corrected chi connectivity index (χ2v) is 12.5. The molecule has 45 heavy (non-hydrogen) atoms. The zero-order valence-corrected chi connectivity index (χ0v) is 27.1. The first-order chi connectivity index (χ1) is 21.9. The summed E-state index contributed by atoms with van der Waals surface area (Å²) in [6.07, 6.45) is 12.8. The average molecular weight is 611 g/mol. The molecule has 0 radical (unpaired) electrons. The molecule has 3 aromatic carbocycles. The van der Waals surface area contributed by atoms with Crippen molar-refractivity contribution in [2.45, 2.75) is 96.7 Å². The number of unbranched alkanes of at least 4 members (excludes halogenated alkanes) is 2. The van der Waals surface area contributed by atoms with Crippen molar-refractivity contribution in [2.24, 2.45) is 11.8 Å². The second-order valence-electron chi connectivity index (χ2n) is 12.5. The van der Waals surface area contributed by atoms with E-state index in [1.807, 2.05) is 67.6 Å². The number of hydrogen-bond donors (Lipinski definition) is 1. The van der Waals surface area contributed by atoms with Gasteiger partial charge in [0.15, 0.2) is 5.78 Å². The number of hydrogen-bond acceptors (Lipinski definition) is 5. The molecule has 1 fully saturated rings. The predicted octanol–water partition coefficient (Wildman–Crippen LogP) is 9.63. The van der Waals surface area contributed by atoms with Crippen molar-refractivity contribution >= 4 is 11.6 Å². The topological polar surface area (TPSA) is 72.8 Å². The van der Waals surface area contributed by atoms with Gasteiger partial charge in [-0.25, -0.2) is 0 Å². The minimum absolute atomic E-state index is 0.118. The van der Waals surface area contributed by atoms with Gasteiger partial charge in [0.2, 0.25) is 0 Å². The number of ether oxygens (including phenoxy) is 2. The van der Waals surface area contributed by atoms with Crippen LogP contribution in [0.25, 0.3) is 0 Å². The molecule has 5 heteroatoms. The SMILES string of the molecule is COc1ccc(C(=O)CCCCCC(=O)C(C)/C=C(\CCCC2CCCC2)C(O)c2ccc(OCc3ccccc3)cc2)cc1. The quantitative estimate of drug-likeness (QED) is 0.0831. The monoisotopic (exact) mass is 610 g/mol. The van der Waals surface area contributed by atoms with Gasteiger partial charge in [-0.15, -0.1) is 0 Å². The van der Waals surface area contributed by atoms with Crippen LogP contribution in [0, 0.1) is 11.8 Å². The summed E-state index contributed by atoms with van der Waals surface area (Å²) >= 11 is 0. The van der Waals surface area contributed by atoms with E-state index in [1.54, 1.807) is 31.4 Å². The van der Waals surface area contributed by atoms with Gasteiger partial charge in [-0.3, -0.25) is 9.59 Å². The Morgan fingerprint density at radius 1 is 0.822 bits per heavy atom. The molecule has 1 aliphatic rings. The third kappa shape index (κ3) is 11.3. The molecule has 0 heterocycles. The number of ketones is 2. The Labute approximate surface area is 269 Å². The summed E-state index contributed by atoms with van der Waals surface area (Å²) in [4.78, 5) is 25.6. The zero-order chi connectivity index (χ0) is 31.9. The number of carbonyl (C=O) groups excluding carboxylic acids is 2. The molecule has 1 saturated carbocycles. The van der Waals surface area contributed by atoms with Crippen LogP contribution in [0.1, 0.15) is 112 Å². The van der Waals surface area contributed by atoms with E-state index >= 15 is 0 Å². The molecule has 5 nitrogen and oxygen atoms in total. The molecule has 1 aliphatic carbocycles. The van der Waals surface area contributed by atoms with Crippen molar-refractivity contribution < 1.29 is 24.2 Å². The van der Waals surface area contributed by atoms with Crippen LogP contribution in [-0.2, 0) is 11.4 Å². The number of benzene rings is 3. The van der Waals surface area contributed by atoms with Crippen LogP contribution in [0.4, 0.5) is 0 Å². The van der Waals surface area contributed by atoms with Crippen molar-refractivity contribution in [3.05, 3.63) is 107 Å². The Balaban J connectivity index is 1.29. The van der Waals surface area contributed by atoms with E-state index in [4.69, 9.17) is 9.47 Å². The highest BCUT2D eigenvalue weighted by Gasteiger charge is 2.20. The molecule has 4 rings (SSSR count). The molecule has 2 unspecified atom stereocenters. The van der Waals surface area contributed by atoms with Gasteiger partial charge in [0, 0.05) is 24.3 Å². The van der Waals surface area contributed by atoms with Crippen LogP contribution < -0.4 is 9.47 Å². The molecule has 3 aromatic rings. The number of aliphatic hydroxyl groups is 1. The summed E-state index contributed by atoms with van der Waals surface area (Å²) in [5.41, 5.74) is 3.54. The predicted molar refractivity (Wildman–Crippen MR) is 181 cm³/mol. The van der Waals surface area contributed by atoms with Crippen LogP contribution in [0.2, 0.25) is 0 Å².